The minimum Gasteiger partial charge on any atom is -0.326 e. The van der Waals surface area contributed by atoms with Crippen LogP contribution in [0.3, 0.4) is 0 Å². The van der Waals surface area contributed by atoms with Crippen LogP contribution < -0.4 is 11.4 Å². The van der Waals surface area contributed by atoms with Crippen molar-refractivity contribution in [2.24, 2.45) is 12.8 Å². The molecule has 2 unspecified atom stereocenters. The summed E-state index contributed by atoms with van der Waals surface area (Å²) in [6, 6.07) is 7.97. The fourth-order valence-electron chi connectivity index (χ4n) is 1.85. The third kappa shape index (κ3) is 3.16. The highest BCUT2D eigenvalue weighted by Crippen LogP contribution is 2.39. The summed E-state index contributed by atoms with van der Waals surface area (Å²) in [6.45, 7) is 2.05. The molecule has 2 rings (SSSR count). The van der Waals surface area contributed by atoms with Crippen molar-refractivity contribution in [3.05, 3.63) is 44.8 Å². The molecule has 2 aromatic rings. The first-order chi connectivity index (χ1) is 9.54. The lowest BCUT2D eigenvalue weighted by Gasteiger charge is -2.23. The van der Waals surface area contributed by atoms with Gasteiger partial charge in [-0.2, -0.15) is 0 Å². The van der Waals surface area contributed by atoms with Crippen LogP contribution in [0.4, 0.5) is 0 Å². The number of thioether (sulfide) groups is 1. The minimum absolute atomic E-state index is 0.0227. The number of halogens is 1. The van der Waals surface area contributed by atoms with E-state index in [4.69, 9.17) is 5.73 Å². The first-order valence-electron chi connectivity index (χ1n) is 6.32. The van der Waals surface area contributed by atoms with Gasteiger partial charge in [0.1, 0.15) is 0 Å². The summed E-state index contributed by atoms with van der Waals surface area (Å²) in [6.07, 6.45) is 0.845. The van der Waals surface area contributed by atoms with Crippen LogP contribution in [0.5, 0.6) is 0 Å². The van der Waals surface area contributed by atoms with Gasteiger partial charge in [0.25, 0.3) is 0 Å². The van der Waals surface area contributed by atoms with Crippen molar-refractivity contribution >= 4 is 27.7 Å². The van der Waals surface area contributed by atoms with Crippen molar-refractivity contribution in [2.75, 3.05) is 0 Å². The number of nitrogens with two attached hydrogens (primary N) is 1. The lowest BCUT2D eigenvalue weighted by atomic mass is 10.0. The number of hydrogen-bond acceptors (Lipinski definition) is 4. The molecule has 0 saturated heterocycles. The molecule has 1 aromatic carbocycles. The molecular weight excluding hydrogens is 340 g/mol. The van der Waals surface area contributed by atoms with E-state index < -0.39 is 0 Å². The summed E-state index contributed by atoms with van der Waals surface area (Å²) >= 11 is 5.07. The average molecular weight is 357 g/mol. The molecule has 20 heavy (non-hydrogen) atoms. The Hall–Kier alpha value is -1.05. The van der Waals surface area contributed by atoms with Crippen LogP contribution in [-0.4, -0.2) is 20.8 Å². The van der Waals surface area contributed by atoms with Gasteiger partial charge >= 0.3 is 5.69 Å². The van der Waals surface area contributed by atoms with Crippen LogP contribution in [0.25, 0.3) is 0 Å². The van der Waals surface area contributed by atoms with Crippen LogP contribution in [-0.2, 0) is 7.05 Å². The summed E-state index contributed by atoms with van der Waals surface area (Å²) in [5.41, 5.74) is 7.15. The number of benzene rings is 1. The highest BCUT2D eigenvalue weighted by atomic mass is 79.9. The van der Waals surface area contributed by atoms with E-state index in [1.807, 2.05) is 24.3 Å². The molecular formula is C13H17BrN4OS. The molecule has 0 saturated carbocycles. The zero-order chi connectivity index (χ0) is 14.7. The maximum absolute atomic E-state index is 11.5. The van der Waals surface area contributed by atoms with Crippen LogP contribution in [0.2, 0.25) is 0 Å². The first-order valence-corrected chi connectivity index (χ1v) is 8.00. The monoisotopic (exact) mass is 356 g/mol. The van der Waals surface area contributed by atoms with Crippen molar-refractivity contribution in [2.45, 2.75) is 29.8 Å². The van der Waals surface area contributed by atoms with E-state index in [9.17, 15) is 4.79 Å². The van der Waals surface area contributed by atoms with E-state index in [-0.39, 0.29) is 17.0 Å². The van der Waals surface area contributed by atoms with Crippen LogP contribution in [0.15, 0.2) is 38.7 Å². The molecule has 0 aliphatic heterocycles. The molecule has 0 amide bonds. The normalized spacial score (nSPS) is 14.2. The molecule has 3 N–H and O–H groups in total. The van der Waals surface area contributed by atoms with Gasteiger partial charge in [0.2, 0.25) is 0 Å². The third-order valence-corrected chi connectivity index (χ3v) is 5.30. The Kier molecular flexibility index (Phi) is 5.06. The van der Waals surface area contributed by atoms with Gasteiger partial charge in [-0.1, -0.05) is 52.8 Å². The van der Waals surface area contributed by atoms with E-state index in [2.05, 4.69) is 33.1 Å². The van der Waals surface area contributed by atoms with Crippen molar-refractivity contribution in [1.29, 1.82) is 0 Å². The lowest BCUT2D eigenvalue weighted by molar-refractivity contribution is 0.628. The van der Waals surface area contributed by atoms with E-state index in [1.54, 1.807) is 7.05 Å². The molecule has 5 nitrogen and oxygen atoms in total. The molecule has 2 atom stereocenters. The molecule has 0 fully saturated rings. The number of aromatic nitrogens is 3. The third-order valence-electron chi connectivity index (χ3n) is 3.14. The van der Waals surface area contributed by atoms with Crippen LogP contribution >= 0.6 is 27.7 Å². The summed E-state index contributed by atoms with van der Waals surface area (Å²) in [4.78, 5) is 11.5. The molecule has 0 radical (unpaired) electrons. The molecule has 0 aliphatic carbocycles. The minimum atomic E-state index is -0.219. The topological polar surface area (TPSA) is 76.7 Å². The van der Waals surface area contributed by atoms with Gasteiger partial charge < -0.3 is 5.73 Å². The Morgan fingerprint density at radius 2 is 2.20 bits per heavy atom. The molecule has 0 spiro atoms. The Morgan fingerprint density at radius 3 is 2.75 bits per heavy atom. The fraction of sp³-hybridized carbons (Fsp3) is 0.385. The smallest absolute Gasteiger partial charge is 0.326 e. The molecule has 0 aliphatic rings. The van der Waals surface area contributed by atoms with Crippen molar-refractivity contribution in [3.63, 3.8) is 0 Å². The van der Waals surface area contributed by atoms with Gasteiger partial charge in [0.15, 0.2) is 5.16 Å². The highest BCUT2D eigenvalue weighted by Gasteiger charge is 2.24. The van der Waals surface area contributed by atoms with E-state index in [0.717, 1.165) is 16.5 Å². The number of hydrogen-bond donors (Lipinski definition) is 2. The predicted molar refractivity (Wildman–Crippen MR) is 84.8 cm³/mol. The van der Waals surface area contributed by atoms with Crippen molar-refractivity contribution in [1.82, 2.24) is 14.8 Å². The highest BCUT2D eigenvalue weighted by molar-refractivity contribution is 9.10. The average Bonchev–Trinajstić information content (AvgIpc) is 2.76. The zero-order valence-electron chi connectivity index (χ0n) is 11.3. The second-order valence-electron chi connectivity index (χ2n) is 4.50. The molecule has 108 valence electrons. The summed E-state index contributed by atoms with van der Waals surface area (Å²) < 4.78 is 2.51. The van der Waals surface area contributed by atoms with Crippen molar-refractivity contribution in [3.8, 4) is 0 Å². The van der Waals surface area contributed by atoms with E-state index >= 15 is 0 Å². The van der Waals surface area contributed by atoms with Crippen LogP contribution in [0.1, 0.15) is 24.2 Å². The SMILES string of the molecule is CCC(N)C(Sc1n[nH]c(=O)n1C)c1ccccc1Br. The van der Waals surface area contributed by atoms with Gasteiger partial charge in [-0.05, 0) is 18.1 Å². The molecule has 7 heteroatoms. The van der Waals surface area contributed by atoms with Gasteiger partial charge in [-0.3, -0.25) is 4.57 Å². The standard InChI is InChI=1S/C13H17BrN4OS/c1-3-10(15)11(8-6-4-5-7-9(8)14)20-13-17-16-12(19)18(13)2/h4-7,10-11H,3,15H2,1-2H3,(H,16,19). The maximum atomic E-state index is 11.5. The van der Waals surface area contributed by atoms with E-state index in [0.29, 0.717) is 5.16 Å². The Morgan fingerprint density at radius 1 is 1.50 bits per heavy atom. The largest absolute Gasteiger partial charge is 0.343 e. The fourth-order valence-corrected chi connectivity index (χ4v) is 3.80. The lowest BCUT2D eigenvalue weighted by Crippen LogP contribution is -2.26. The Labute approximate surface area is 130 Å². The number of H-pyrrole nitrogens is 1. The predicted octanol–water partition coefficient (Wildman–Crippen LogP) is 2.44. The number of aromatic amines is 1. The second kappa shape index (κ2) is 6.60. The van der Waals surface area contributed by atoms with Gasteiger partial charge in [-0.15, -0.1) is 5.10 Å². The maximum Gasteiger partial charge on any atom is 0.343 e. The quantitative estimate of drug-likeness (QED) is 0.806. The van der Waals surface area contributed by atoms with Gasteiger partial charge in [0.05, 0.1) is 5.25 Å². The summed E-state index contributed by atoms with van der Waals surface area (Å²) in [5, 5.41) is 7.16. The molecule has 1 heterocycles. The second-order valence-corrected chi connectivity index (χ2v) is 6.47. The van der Waals surface area contributed by atoms with Gasteiger partial charge in [0, 0.05) is 17.6 Å². The number of rotatable bonds is 5. The molecule has 1 aromatic heterocycles. The first kappa shape index (κ1) is 15.3. The number of nitrogens with zero attached hydrogens (tertiary/aromatic N) is 2. The van der Waals surface area contributed by atoms with E-state index in [1.165, 1.54) is 16.3 Å². The van der Waals surface area contributed by atoms with Crippen molar-refractivity contribution < 1.29 is 0 Å². The van der Waals surface area contributed by atoms with Gasteiger partial charge in [-0.25, -0.2) is 9.89 Å². The molecule has 0 bridgehead atoms. The Bertz CT molecular complexity index is 639. The summed E-state index contributed by atoms with van der Waals surface area (Å²) in [7, 11) is 1.70. The Balaban J connectivity index is 2.36. The number of nitrogens with one attached hydrogen (secondary N) is 1. The zero-order valence-corrected chi connectivity index (χ0v) is 13.7. The summed E-state index contributed by atoms with van der Waals surface area (Å²) in [5.74, 6) is 0. The van der Waals surface area contributed by atoms with Crippen LogP contribution in [0, 0.1) is 0 Å².